The molecule has 0 aromatic carbocycles. The van der Waals surface area contributed by atoms with Crippen molar-refractivity contribution in [2.45, 2.75) is 38.9 Å². The molecule has 0 fully saturated rings. The Bertz CT molecular complexity index is 303. The van der Waals surface area contributed by atoms with Crippen LogP contribution in [0.5, 0.6) is 0 Å². The molecule has 0 radical (unpaired) electrons. The number of hydrogen-bond donors (Lipinski definition) is 0. The molecule has 0 amide bonds. The highest BCUT2D eigenvalue weighted by Gasteiger charge is 2.19. The summed E-state index contributed by atoms with van der Waals surface area (Å²) in [7, 11) is 0. The molecule has 0 saturated carbocycles. The Morgan fingerprint density at radius 3 is 2.29 bits per heavy atom. The van der Waals surface area contributed by atoms with Crippen molar-refractivity contribution in [1.29, 1.82) is 0 Å². The van der Waals surface area contributed by atoms with E-state index in [-0.39, 0.29) is 6.42 Å². The van der Waals surface area contributed by atoms with Crippen LogP contribution in [0.15, 0.2) is 11.9 Å². The summed E-state index contributed by atoms with van der Waals surface area (Å²) in [5, 5.41) is 0.478. The highest BCUT2D eigenvalue weighted by Crippen LogP contribution is 2.70. The summed E-state index contributed by atoms with van der Waals surface area (Å²) in [6.07, 6.45) is -0.514. The molecule has 17 heavy (non-hydrogen) atoms. The minimum absolute atomic E-state index is 0.216. The van der Waals surface area contributed by atoms with Gasteiger partial charge in [-0.25, -0.2) is 4.39 Å². The van der Waals surface area contributed by atoms with Crippen molar-refractivity contribution < 1.29 is 13.2 Å². The van der Waals surface area contributed by atoms with Gasteiger partial charge in [0.05, 0.1) is 4.44 Å². The van der Waals surface area contributed by atoms with Crippen LogP contribution < -0.4 is 0 Å². The van der Waals surface area contributed by atoms with E-state index in [2.05, 4.69) is 13.8 Å². The largest absolute Gasteiger partial charge is 0.301 e. The zero-order valence-electron chi connectivity index (χ0n) is 10.2. The van der Waals surface area contributed by atoms with Gasteiger partial charge >= 0.3 is 6.08 Å². The molecular weight excluding hydrogens is 304 g/mol. The smallest absolute Gasteiger partial charge is 0.206 e. The second-order valence-corrected chi connectivity index (χ2v) is 16.1. The van der Waals surface area contributed by atoms with Crippen LogP contribution in [-0.4, -0.2) is 17.2 Å². The molecule has 0 N–H and O–H groups in total. The quantitative estimate of drug-likeness (QED) is 0.499. The maximum atomic E-state index is 12.6. The van der Waals surface area contributed by atoms with Crippen LogP contribution in [0.2, 0.25) is 0 Å². The van der Waals surface area contributed by atoms with E-state index in [4.69, 9.17) is 11.8 Å². The Morgan fingerprint density at radius 1 is 1.29 bits per heavy atom. The van der Waals surface area contributed by atoms with Crippen molar-refractivity contribution in [3.8, 4) is 0 Å². The summed E-state index contributed by atoms with van der Waals surface area (Å²) in [4.78, 5) is 0. The van der Waals surface area contributed by atoms with Crippen LogP contribution in [-0.2, 0) is 11.8 Å². The van der Waals surface area contributed by atoms with Crippen molar-refractivity contribution in [1.82, 2.24) is 0 Å². The summed E-state index contributed by atoms with van der Waals surface area (Å²) in [6.45, 7) is 6.23. The summed E-state index contributed by atoms with van der Waals surface area (Å²) in [5.41, 5.74) is 0. The minimum atomic E-state index is -2.20. The van der Waals surface area contributed by atoms with Gasteiger partial charge in [-0.1, -0.05) is 32.6 Å². The van der Waals surface area contributed by atoms with E-state index in [9.17, 15) is 13.2 Å². The Kier molecular flexibility index (Phi) is 9.35. The van der Waals surface area contributed by atoms with E-state index in [0.29, 0.717) is 11.0 Å². The third-order valence-electron chi connectivity index (χ3n) is 2.12. The van der Waals surface area contributed by atoms with Crippen LogP contribution in [0.3, 0.4) is 0 Å². The minimum Gasteiger partial charge on any atom is -0.206 e. The number of halogens is 3. The fourth-order valence-corrected chi connectivity index (χ4v) is 11.5. The van der Waals surface area contributed by atoms with Crippen molar-refractivity contribution >= 4 is 39.0 Å². The summed E-state index contributed by atoms with van der Waals surface area (Å²) >= 11 is 8.84. The second kappa shape index (κ2) is 8.89. The Balaban J connectivity index is 4.22. The van der Waals surface area contributed by atoms with Crippen molar-refractivity contribution in [3.05, 3.63) is 11.9 Å². The standard InChI is InChI=1S/C10H18F3PS3/c1-4-8(3)17-14(15,5-2)16-7-6-9(11)10(12)13/h8H,4-7H2,1-3H3. The Labute approximate surface area is 115 Å². The molecule has 0 aromatic heterocycles. The summed E-state index contributed by atoms with van der Waals surface area (Å²) in [6, 6.07) is 0. The highest BCUT2D eigenvalue weighted by molar-refractivity contribution is 9.00. The zero-order valence-corrected chi connectivity index (χ0v) is 13.6. The molecule has 0 bridgehead atoms. The molecule has 0 rings (SSSR count). The third-order valence-corrected chi connectivity index (χ3v) is 14.2. The van der Waals surface area contributed by atoms with E-state index < -0.39 is 16.3 Å². The van der Waals surface area contributed by atoms with Crippen LogP contribution in [0.4, 0.5) is 13.2 Å². The van der Waals surface area contributed by atoms with Gasteiger partial charge in [-0.05, 0) is 12.6 Å². The van der Waals surface area contributed by atoms with Gasteiger partial charge in [-0.15, -0.1) is 22.8 Å². The Morgan fingerprint density at radius 2 is 1.88 bits per heavy atom. The monoisotopic (exact) mass is 322 g/mol. The van der Waals surface area contributed by atoms with E-state index in [1.807, 2.05) is 6.92 Å². The average molecular weight is 322 g/mol. The molecule has 7 heteroatoms. The fraction of sp³-hybridized carbons (Fsp3) is 0.800. The average Bonchev–Trinajstić information content (AvgIpc) is 2.28. The summed E-state index contributed by atoms with van der Waals surface area (Å²) in [5.74, 6) is -0.957. The SMILES string of the molecule is CCC(C)SP(=S)(CC)SCCC(F)=C(F)F. The van der Waals surface area contributed by atoms with E-state index in [1.165, 1.54) is 11.4 Å². The molecule has 0 nitrogen and oxygen atoms in total. The summed E-state index contributed by atoms with van der Waals surface area (Å²) < 4.78 is 34.7. The van der Waals surface area contributed by atoms with E-state index in [0.717, 1.165) is 12.6 Å². The van der Waals surface area contributed by atoms with Crippen LogP contribution >= 0.6 is 27.2 Å². The lowest BCUT2D eigenvalue weighted by atomic mass is 10.4. The number of hydrogen-bond acceptors (Lipinski definition) is 3. The molecule has 102 valence electrons. The first-order valence-electron chi connectivity index (χ1n) is 5.46. The maximum Gasteiger partial charge on any atom is 0.301 e. The normalized spacial score (nSPS) is 16.4. The molecule has 0 aliphatic rings. The van der Waals surface area contributed by atoms with Gasteiger partial charge in [0.1, 0.15) is 0 Å². The molecule has 2 atom stereocenters. The molecule has 0 aliphatic carbocycles. The van der Waals surface area contributed by atoms with E-state index >= 15 is 0 Å². The van der Waals surface area contributed by atoms with Gasteiger partial charge in [-0.3, -0.25) is 0 Å². The van der Waals surface area contributed by atoms with Crippen LogP contribution in [0.1, 0.15) is 33.6 Å². The predicted molar refractivity (Wildman–Crippen MR) is 79.6 cm³/mol. The number of rotatable bonds is 8. The van der Waals surface area contributed by atoms with Gasteiger partial charge in [0, 0.05) is 17.4 Å². The van der Waals surface area contributed by atoms with Gasteiger partial charge in [0.25, 0.3) is 0 Å². The van der Waals surface area contributed by atoms with Gasteiger partial charge < -0.3 is 0 Å². The molecule has 0 aliphatic heterocycles. The lowest BCUT2D eigenvalue weighted by Crippen LogP contribution is -1.93. The van der Waals surface area contributed by atoms with Crippen LogP contribution in [0, 0.1) is 0 Å². The van der Waals surface area contributed by atoms with Crippen LogP contribution in [0.25, 0.3) is 0 Å². The molecule has 2 unspecified atom stereocenters. The molecule has 0 saturated heterocycles. The predicted octanol–water partition coefficient (Wildman–Crippen LogP) is 6.05. The molecular formula is C10H18F3PS3. The highest BCUT2D eigenvalue weighted by atomic mass is 33.2. The first-order valence-corrected chi connectivity index (χ1v) is 11.5. The second-order valence-electron chi connectivity index (χ2n) is 3.50. The fourth-order valence-electron chi connectivity index (χ4n) is 0.914. The van der Waals surface area contributed by atoms with E-state index in [1.54, 1.807) is 11.4 Å². The van der Waals surface area contributed by atoms with Crippen molar-refractivity contribution in [2.24, 2.45) is 0 Å². The third kappa shape index (κ3) is 7.81. The van der Waals surface area contributed by atoms with Crippen molar-refractivity contribution in [2.75, 3.05) is 11.9 Å². The number of allylic oxidation sites excluding steroid dienone is 1. The molecule has 0 heterocycles. The topological polar surface area (TPSA) is 0 Å². The first-order chi connectivity index (χ1) is 7.84. The lowest BCUT2D eigenvalue weighted by Gasteiger charge is -2.22. The maximum absolute atomic E-state index is 12.6. The zero-order chi connectivity index (χ0) is 13.5. The molecule has 0 spiro atoms. The van der Waals surface area contributed by atoms with Crippen molar-refractivity contribution in [3.63, 3.8) is 0 Å². The first kappa shape index (κ1) is 17.9. The lowest BCUT2D eigenvalue weighted by molar-refractivity contribution is 0.373. The molecule has 0 aromatic rings. The Hall–Kier alpha value is 0.880. The van der Waals surface area contributed by atoms with Gasteiger partial charge in [0.15, 0.2) is 5.83 Å². The van der Waals surface area contributed by atoms with Gasteiger partial charge in [-0.2, -0.15) is 8.78 Å². The van der Waals surface area contributed by atoms with Gasteiger partial charge in [0.2, 0.25) is 0 Å².